The monoisotopic (exact) mass is 303 g/mol. The van der Waals surface area contributed by atoms with Crippen molar-refractivity contribution in [3.8, 4) is 17.0 Å². The third-order valence-corrected chi connectivity index (χ3v) is 4.45. The van der Waals surface area contributed by atoms with Crippen LogP contribution in [0.1, 0.15) is 23.2 Å². The normalized spacial score (nSPS) is 11.2. The molecule has 6 heteroatoms. The van der Waals surface area contributed by atoms with Crippen LogP contribution in [0.5, 0.6) is 5.75 Å². The zero-order valence-corrected chi connectivity index (χ0v) is 13.1. The zero-order valence-electron chi connectivity index (χ0n) is 12.3. The van der Waals surface area contributed by atoms with Crippen LogP contribution in [0.15, 0.2) is 18.2 Å². The number of benzene rings is 1. The van der Waals surface area contributed by atoms with Crippen molar-refractivity contribution in [3.05, 3.63) is 34.5 Å². The van der Waals surface area contributed by atoms with Crippen LogP contribution in [0.25, 0.3) is 16.2 Å². The van der Waals surface area contributed by atoms with E-state index in [4.69, 9.17) is 4.74 Å². The van der Waals surface area contributed by atoms with Gasteiger partial charge in [-0.2, -0.15) is 5.10 Å². The van der Waals surface area contributed by atoms with Crippen molar-refractivity contribution in [2.24, 2.45) is 0 Å². The topological polar surface area (TPSA) is 59.7 Å². The van der Waals surface area contributed by atoms with Gasteiger partial charge < -0.3 is 9.84 Å². The summed E-state index contributed by atoms with van der Waals surface area (Å²) in [5.41, 5.74) is 3.44. The molecule has 21 heavy (non-hydrogen) atoms. The van der Waals surface area contributed by atoms with Crippen LogP contribution in [0.2, 0.25) is 0 Å². The molecule has 0 aliphatic heterocycles. The molecule has 0 radical (unpaired) electrons. The van der Waals surface area contributed by atoms with E-state index in [9.17, 15) is 5.11 Å². The lowest BCUT2D eigenvalue weighted by molar-refractivity contribution is 0.275. The summed E-state index contributed by atoms with van der Waals surface area (Å²) in [4.78, 5) is 5.45. The van der Waals surface area contributed by atoms with Gasteiger partial charge in [0.15, 0.2) is 0 Å². The molecule has 2 heterocycles. The summed E-state index contributed by atoms with van der Waals surface area (Å²) in [6, 6.07) is 5.93. The maximum Gasteiger partial charge on any atom is 0.213 e. The minimum absolute atomic E-state index is 0.111. The Morgan fingerprint density at radius 2 is 2.19 bits per heavy atom. The molecule has 1 N–H and O–H groups in total. The van der Waals surface area contributed by atoms with Gasteiger partial charge in [-0.05, 0) is 25.5 Å². The smallest absolute Gasteiger partial charge is 0.213 e. The van der Waals surface area contributed by atoms with Gasteiger partial charge in [-0.3, -0.25) is 0 Å². The number of aliphatic hydroxyl groups is 1. The van der Waals surface area contributed by atoms with Crippen molar-refractivity contribution in [2.75, 3.05) is 7.11 Å². The number of aliphatic hydroxyl groups excluding tert-OH is 1. The number of hydrogen-bond donors (Lipinski definition) is 1. The molecule has 0 bridgehead atoms. The highest BCUT2D eigenvalue weighted by Gasteiger charge is 2.19. The molecule has 0 saturated carbocycles. The molecule has 0 fully saturated rings. The van der Waals surface area contributed by atoms with Crippen molar-refractivity contribution in [3.63, 3.8) is 0 Å². The molecule has 3 rings (SSSR count). The Morgan fingerprint density at radius 1 is 1.38 bits per heavy atom. The first-order valence-electron chi connectivity index (χ1n) is 6.81. The van der Waals surface area contributed by atoms with Crippen molar-refractivity contribution >= 4 is 16.3 Å². The van der Waals surface area contributed by atoms with Crippen molar-refractivity contribution in [1.82, 2.24) is 14.6 Å². The van der Waals surface area contributed by atoms with Gasteiger partial charge in [0.25, 0.3) is 0 Å². The number of hydrogen-bond acceptors (Lipinski definition) is 5. The van der Waals surface area contributed by atoms with E-state index < -0.39 is 0 Å². The van der Waals surface area contributed by atoms with Crippen molar-refractivity contribution < 1.29 is 9.84 Å². The summed E-state index contributed by atoms with van der Waals surface area (Å²) >= 11 is 1.55. The third kappa shape index (κ3) is 2.30. The van der Waals surface area contributed by atoms with Gasteiger partial charge in [-0.1, -0.05) is 29.9 Å². The lowest BCUT2D eigenvalue weighted by atomic mass is 10.1. The first kappa shape index (κ1) is 14.0. The molecule has 5 nitrogen and oxygen atoms in total. The largest absolute Gasteiger partial charge is 0.496 e. The highest BCUT2D eigenvalue weighted by Crippen LogP contribution is 2.34. The van der Waals surface area contributed by atoms with Crippen LogP contribution < -0.4 is 4.74 Å². The van der Waals surface area contributed by atoms with Gasteiger partial charge in [-0.15, -0.1) is 0 Å². The molecule has 1 aromatic carbocycles. The summed E-state index contributed by atoms with van der Waals surface area (Å²) in [7, 11) is 1.64. The number of ether oxygens (including phenoxy) is 1. The lowest BCUT2D eigenvalue weighted by Gasteiger charge is -2.08. The molecule has 0 spiro atoms. The second-order valence-corrected chi connectivity index (χ2v) is 5.85. The molecule has 2 aromatic heterocycles. The lowest BCUT2D eigenvalue weighted by Crippen LogP contribution is -1.98. The zero-order chi connectivity index (χ0) is 15.0. The van der Waals surface area contributed by atoms with Gasteiger partial charge in [0.2, 0.25) is 4.96 Å². The molecular formula is C15H17N3O2S. The molecule has 0 aliphatic carbocycles. The Balaban J connectivity index is 2.25. The van der Waals surface area contributed by atoms with Gasteiger partial charge in [-0.25, -0.2) is 9.50 Å². The SMILES string of the molecule is CCc1nn2c(CO)c(-c3cc(C)ccc3OC)nc2s1. The highest BCUT2D eigenvalue weighted by atomic mass is 32.1. The number of rotatable bonds is 4. The molecule has 3 aromatic rings. The molecule has 110 valence electrons. The standard InChI is InChI=1S/C15H17N3O2S/c1-4-13-17-18-11(8-19)14(16-15(18)21-13)10-7-9(2)5-6-12(10)20-3/h5-7,19H,4,8H2,1-3H3. The fourth-order valence-corrected chi connectivity index (χ4v) is 3.19. The minimum atomic E-state index is -0.111. The summed E-state index contributed by atoms with van der Waals surface area (Å²) in [5.74, 6) is 0.747. The van der Waals surface area contributed by atoms with Crippen LogP contribution >= 0.6 is 11.3 Å². The van der Waals surface area contributed by atoms with E-state index in [1.807, 2.05) is 25.1 Å². The molecule has 0 amide bonds. The van der Waals surface area contributed by atoms with Crippen LogP contribution in [0.3, 0.4) is 0 Å². The average molecular weight is 303 g/mol. The molecule has 0 aliphatic rings. The Hall–Kier alpha value is -1.92. The molecule has 0 unspecified atom stereocenters. The molecule has 0 saturated heterocycles. The third-order valence-electron chi connectivity index (χ3n) is 3.40. The van der Waals surface area contributed by atoms with Gasteiger partial charge in [0.05, 0.1) is 19.4 Å². The van der Waals surface area contributed by atoms with E-state index in [0.717, 1.165) is 39.0 Å². The minimum Gasteiger partial charge on any atom is -0.496 e. The predicted octanol–water partition coefficient (Wildman–Crippen LogP) is 2.83. The second kappa shape index (κ2) is 5.46. The van der Waals surface area contributed by atoms with Gasteiger partial charge >= 0.3 is 0 Å². The van der Waals surface area contributed by atoms with Crippen LogP contribution in [-0.4, -0.2) is 26.8 Å². The number of imidazole rings is 1. The summed E-state index contributed by atoms with van der Waals surface area (Å²) < 4.78 is 7.16. The Kier molecular flexibility index (Phi) is 3.65. The van der Waals surface area contributed by atoms with E-state index >= 15 is 0 Å². The summed E-state index contributed by atoms with van der Waals surface area (Å²) in [5, 5.41) is 15.3. The quantitative estimate of drug-likeness (QED) is 0.805. The van der Waals surface area contributed by atoms with Crippen LogP contribution in [0.4, 0.5) is 0 Å². The summed E-state index contributed by atoms with van der Waals surface area (Å²) in [6.07, 6.45) is 0.863. The van der Waals surface area contributed by atoms with Crippen molar-refractivity contribution in [1.29, 1.82) is 0 Å². The van der Waals surface area contributed by atoms with E-state index in [0.29, 0.717) is 5.69 Å². The first-order chi connectivity index (χ1) is 10.2. The number of nitrogens with zero attached hydrogens (tertiary/aromatic N) is 3. The molecule has 0 atom stereocenters. The number of aromatic nitrogens is 3. The van der Waals surface area contributed by atoms with E-state index in [-0.39, 0.29) is 6.61 Å². The second-order valence-electron chi connectivity index (χ2n) is 4.81. The summed E-state index contributed by atoms with van der Waals surface area (Å²) in [6.45, 7) is 3.97. The van der Waals surface area contributed by atoms with Crippen LogP contribution in [-0.2, 0) is 13.0 Å². The highest BCUT2D eigenvalue weighted by molar-refractivity contribution is 7.16. The molecular weight excluding hydrogens is 286 g/mol. The maximum absolute atomic E-state index is 9.74. The van der Waals surface area contributed by atoms with Crippen molar-refractivity contribution in [2.45, 2.75) is 26.9 Å². The predicted molar refractivity (Wildman–Crippen MR) is 82.9 cm³/mol. The van der Waals surface area contributed by atoms with Gasteiger partial charge in [0, 0.05) is 5.56 Å². The van der Waals surface area contributed by atoms with E-state index in [2.05, 4.69) is 17.0 Å². The number of aryl methyl sites for hydroxylation is 2. The fourth-order valence-electron chi connectivity index (χ4n) is 2.34. The Labute approximate surface area is 126 Å². The maximum atomic E-state index is 9.74. The Bertz CT molecular complexity index is 792. The first-order valence-corrected chi connectivity index (χ1v) is 7.62. The van der Waals surface area contributed by atoms with Crippen LogP contribution in [0, 0.1) is 6.92 Å². The number of fused-ring (bicyclic) bond motifs is 1. The average Bonchev–Trinajstić information content (AvgIpc) is 3.03. The fraction of sp³-hybridized carbons (Fsp3) is 0.333. The Morgan fingerprint density at radius 3 is 2.86 bits per heavy atom. The van der Waals surface area contributed by atoms with E-state index in [1.54, 1.807) is 23.0 Å². The number of methoxy groups -OCH3 is 1. The van der Waals surface area contributed by atoms with E-state index in [1.165, 1.54) is 0 Å². The van der Waals surface area contributed by atoms with Gasteiger partial charge in [0.1, 0.15) is 16.5 Å².